The number of aryl methyl sites for hydroxylation is 1. The van der Waals surface area contributed by atoms with Crippen LogP contribution in [0.4, 0.5) is 18.9 Å². The number of sulfonamides is 1. The summed E-state index contributed by atoms with van der Waals surface area (Å²) < 4.78 is 65.1. The van der Waals surface area contributed by atoms with E-state index < -0.39 is 27.8 Å². The predicted molar refractivity (Wildman–Crippen MR) is 142 cm³/mol. The molecule has 0 bridgehead atoms. The van der Waals surface area contributed by atoms with Crippen molar-refractivity contribution in [2.75, 3.05) is 23.7 Å². The molecule has 0 fully saturated rings. The number of benzene rings is 2. The maximum Gasteiger partial charge on any atom is 0.416 e. The van der Waals surface area contributed by atoms with Crippen LogP contribution in [-0.2, 0) is 32.3 Å². The van der Waals surface area contributed by atoms with Crippen molar-refractivity contribution in [2.45, 2.75) is 65.2 Å². The molecule has 38 heavy (non-hydrogen) atoms. The van der Waals surface area contributed by atoms with Gasteiger partial charge >= 0.3 is 6.18 Å². The summed E-state index contributed by atoms with van der Waals surface area (Å²) in [5, 5.41) is 2.83. The maximum absolute atomic E-state index is 13.3. The third kappa shape index (κ3) is 9.34. The number of carbonyl (C=O) groups excluding carboxylic acids is 2. The van der Waals surface area contributed by atoms with Crippen molar-refractivity contribution >= 4 is 27.5 Å². The zero-order chi connectivity index (χ0) is 28.5. The lowest BCUT2D eigenvalue weighted by molar-refractivity contribution is -0.140. The van der Waals surface area contributed by atoms with E-state index in [1.165, 1.54) is 11.0 Å². The number of rotatable bonds is 13. The van der Waals surface area contributed by atoms with Gasteiger partial charge in [0.15, 0.2) is 0 Å². The van der Waals surface area contributed by atoms with Gasteiger partial charge in [0, 0.05) is 26.1 Å². The quantitative estimate of drug-likeness (QED) is 0.357. The molecule has 0 aliphatic rings. The topological polar surface area (TPSA) is 86.8 Å². The second kappa shape index (κ2) is 13.6. The maximum atomic E-state index is 13.3. The Hall–Kier alpha value is -3.08. The minimum absolute atomic E-state index is 0.0523. The number of halogens is 3. The van der Waals surface area contributed by atoms with Gasteiger partial charge < -0.3 is 10.2 Å². The number of unbranched alkanes of at least 4 members (excludes halogenated alkanes) is 1. The third-order valence-corrected chi connectivity index (χ3v) is 7.28. The van der Waals surface area contributed by atoms with Crippen LogP contribution in [0.1, 0.15) is 56.2 Å². The van der Waals surface area contributed by atoms with Crippen LogP contribution in [-0.4, -0.2) is 50.5 Å². The third-order valence-electron chi connectivity index (χ3n) is 6.08. The van der Waals surface area contributed by atoms with Gasteiger partial charge in [-0.2, -0.15) is 13.2 Å². The molecule has 2 aromatic rings. The molecule has 0 unspecified atom stereocenters. The Labute approximate surface area is 223 Å². The highest BCUT2D eigenvalue weighted by atomic mass is 32.2. The summed E-state index contributed by atoms with van der Waals surface area (Å²) in [5.74, 6) is -0.651. The predicted octanol–water partition coefficient (Wildman–Crippen LogP) is 4.89. The van der Waals surface area contributed by atoms with Crippen molar-refractivity contribution in [1.82, 2.24) is 10.2 Å². The summed E-state index contributed by atoms with van der Waals surface area (Å²) >= 11 is 0. The van der Waals surface area contributed by atoms with Gasteiger partial charge in [-0.05, 0) is 50.5 Å². The van der Waals surface area contributed by atoms with E-state index in [9.17, 15) is 31.2 Å². The molecule has 0 saturated heterocycles. The standard InChI is InChI=1S/C27H36F3N3O4S/c1-5-6-16-31-26(35)21(3)32(19-22-14-12-20(2)13-15-22)25(34)11-8-17-33(38(4,36)37)24-10-7-9-23(18-24)27(28,29)30/h7,9-10,12-15,18,21H,5-6,8,11,16-17,19H2,1-4H3,(H,31,35)/t21-/m1/s1. The number of nitrogens with zero attached hydrogens (tertiary/aromatic N) is 2. The molecular formula is C27H36F3N3O4S. The first-order valence-corrected chi connectivity index (χ1v) is 14.4. The van der Waals surface area contributed by atoms with Gasteiger partial charge in [-0.1, -0.05) is 49.2 Å². The first kappa shape index (κ1) is 31.1. The number of amides is 2. The average molecular weight is 556 g/mol. The van der Waals surface area contributed by atoms with E-state index in [-0.39, 0.29) is 43.4 Å². The van der Waals surface area contributed by atoms with E-state index >= 15 is 0 Å². The van der Waals surface area contributed by atoms with Crippen molar-refractivity contribution in [3.8, 4) is 0 Å². The van der Waals surface area contributed by atoms with Gasteiger partial charge in [0.1, 0.15) is 6.04 Å². The molecule has 0 saturated carbocycles. The molecule has 0 aliphatic carbocycles. The summed E-state index contributed by atoms with van der Waals surface area (Å²) in [6.45, 7) is 6.06. The van der Waals surface area contributed by atoms with E-state index in [2.05, 4.69) is 5.32 Å². The second-order valence-corrected chi connectivity index (χ2v) is 11.2. The first-order valence-electron chi connectivity index (χ1n) is 12.5. The van der Waals surface area contributed by atoms with Crippen LogP contribution < -0.4 is 9.62 Å². The lowest BCUT2D eigenvalue weighted by Crippen LogP contribution is -2.48. The lowest BCUT2D eigenvalue weighted by Gasteiger charge is -2.29. The van der Waals surface area contributed by atoms with Crippen LogP contribution in [0.5, 0.6) is 0 Å². The number of carbonyl (C=O) groups is 2. The molecule has 1 N–H and O–H groups in total. The smallest absolute Gasteiger partial charge is 0.354 e. The fourth-order valence-corrected chi connectivity index (χ4v) is 4.81. The minimum Gasteiger partial charge on any atom is -0.354 e. The van der Waals surface area contributed by atoms with Gasteiger partial charge in [-0.25, -0.2) is 8.42 Å². The Morgan fingerprint density at radius 2 is 1.71 bits per heavy atom. The molecule has 11 heteroatoms. The molecule has 2 aromatic carbocycles. The van der Waals surface area contributed by atoms with Crippen molar-refractivity contribution in [3.05, 3.63) is 65.2 Å². The van der Waals surface area contributed by atoms with Gasteiger partial charge in [-0.15, -0.1) is 0 Å². The molecule has 210 valence electrons. The molecule has 0 heterocycles. The molecule has 2 amide bonds. The Balaban J connectivity index is 2.19. The molecule has 7 nitrogen and oxygen atoms in total. The van der Waals surface area contributed by atoms with E-state index in [0.717, 1.165) is 52.7 Å². The van der Waals surface area contributed by atoms with Crippen LogP contribution >= 0.6 is 0 Å². The largest absolute Gasteiger partial charge is 0.416 e. The van der Waals surface area contributed by atoms with E-state index in [1.54, 1.807) is 6.92 Å². The Bertz CT molecular complexity index is 1180. The fourth-order valence-electron chi connectivity index (χ4n) is 3.85. The molecule has 0 aromatic heterocycles. The van der Waals surface area contributed by atoms with Gasteiger partial charge in [-0.3, -0.25) is 13.9 Å². The SMILES string of the molecule is CCCCNC(=O)[C@@H](C)N(Cc1ccc(C)cc1)C(=O)CCCN(c1cccc(C(F)(F)F)c1)S(C)(=O)=O. The molecule has 0 radical (unpaired) electrons. The van der Waals surface area contributed by atoms with Crippen LogP contribution in [0.15, 0.2) is 48.5 Å². The van der Waals surface area contributed by atoms with Gasteiger partial charge in [0.2, 0.25) is 21.8 Å². The fraction of sp³-hybridized carbons (Fsp3) is 0.481. The van der Waals surface area contributed by atoms with Crippen LogP contribution in [0.2, 0.25) is 0 Å². The zero-order valence-electron chi connectivity index (χ0n) is 22.2. The summed E-state index contributed by atoms with van der Waals surface area (Å²) in [4.78, 5) is 27.5. The molecular weight excluding hydrogens is 519 g/mol. The summed E-state index contributed by atoms with van der Waals surface area (Å²) in [6.07, 6.45) is -2.05. The molecule has 1 atom stereocenters. The molecule has 0 aliphatic heterocycles. The van der Waals surface area contributed by atoms with E-state index in [0.29, 0.717) is 6.54 Å². The first-order chi connectivity index (χ1) is 17.7. The normalized spacial score (nSPS) is 12.6. The number of alkyl halides is 3. The van der Waals surface area contributed by atoms with Gasteiger partial charge in [0.25, 0.3) is 0 Å². The van der Waals surface area contributed by atoms with E-state index in [1.807, 2.05) is 38.1 Å². The zero-order valence-corrected chi connectivity index (χ0v) is 23.0. The summed E-state index contributed by atoms with van der Waals surface area (Å²) in [6, 6.07) is 10.8. The highest BCUT2D eigenvalue weighted by molar-refractivity contribution is 7.92. The Morgan fingerprint density at radius 3 is 2.29 bits per heavy atom. The second-order valence-electron chi connectivity index (χ2n) is 9.31. The highest BCUT2D eigenvalue weighted by Crippen LogP contribution is 2.32. The summed E-state index contributed by atoms with van der Waals surface area (Å²) in [5.41, 5.74) is 0.785. The van der Waals surface area contributed by atoms with Crippen molar-refractivity contribution in [3.63, 3.8) is 0 Å². The van der Waals surface area contributed by atoms with Crippen LogP contribution in [0.3, 0.4) is 0 Å². The number of anilines is 1. The van der Waals surface area contributed by atoms with Gasteiger partial charge in [0.05, 0.1) is 17.5 Å². The van der Waals surface area contributed by atoms with Crippen molar-refractivity contribution in [1.29, 1.82) is 0 Å². The minimum atomic E-state index is -4.63. The lowest BCUT2D eigenvalue weighted by atomic mass is 10.1. The summed E-state index contributed by atoms with van der Waals surface area (Å²) in [7, 11) is -3.92. The number of nitrogens with one attached hydrogen (secondary N) is 1. The highest BCUT2D eigenvalue weighted by Gasteiger charge is 2.32. The van der Waals surface area contributed by atoms with Crippen LogP contribution in [0, 0.1) is 6.92 Å². The Kier molecular flexibility index (Phi) is 11.2. The monoisotopic (exact) mass is 555 g/mol. The van der Waals surface area contributed by atoms with Crippen LogP contribution in [0.25, 0.3) is 0 Å². The Morgan fingerprint density at radius 1 is 1.05 bits per heavy atom. The van der Waals surface area contributed by atoms with Crippen molar-refractivity contribution < 1.29 is 31.2 Å². The number of hydrogen-bond acceptors (Lipinski definition) is 4. The van der Waals surface area contributed by atoms with E-state index in [4.69, 9.17) is 0 Å². The molecule has 0 spiro atoms. The number of hydrogen-bond donors (Lipinski definition) is 1. The van der Waals surface area contributed by atoms with Crippen molar-refractivity contribution in [2.24, 2.45) is 0 Å². The molecule has 2 rings (SSSR count). The average Bonchev–Trinajstić information content (AvgIpc) is 2.84.